The van der Waals surface area contributed by atoms with Crippen LogP contribution in [0, 0.1) is 0 Å². The molecule has 0 saturated heterocycles. The van der Waals surface area contributed by atoms with E-state index in [9.17, 15) is 4.79 Å². The highest BCUT2D eigenvalue weighted by Gasteiger charge is 2.17. The zero-order valence-corrected chi connectivity index (χ0v) is 12.2. The van der Waals surface area contributed by atoms with Gasteiger partial charge in [-0.15, -0.1) is 0 Å². The Morgan fingerprint density at radius 2 is 2.37 bits per heavy atom. The first-order valence-electron chi connectivity index (χ1n) is 6.15. The molecular weight excluding hydrogens is 310 g/mol. The van der Waals surface area contributed by atoms with Crippen LogP contribution in [-0.2, 0) is 4.79 Å². The van der Waals surface area contributed by atoms with E-state index in [0.717, 1.165) is 15.8 Å². The molecular formula is C14H16BrNO3. The summed E-state index contributed by atoms with van der Waals surface area (Å²) >= 11 is 3.39. The van der Waals surface area contributed by atoms with E-state index in [1.165, 1.54) is 0 Å². The minimum Gasteiger partial charge on any atom is -0.488 e. The zero-order chi connectivity index (χ0) is 13.8. The van der Waals surface area contributed by atoms with Gasteiger partial charge in [-0.3, -0.25) is 4.79 Å². The molecule has 19 heavy (non-hydrogen) atoms. The standard InChI is InChI=1S/C14H16BrNO3/c1-9(17)4-5-16-14(18)11-6-10-7-12(15)2-3-13(10)19-8-11/h2-3,6-7,9,17H,4-5,8H2,1H3,(H,16,18). The quantitative estimate of drug-likeness (QED) is 0.891. The molecule has 1 heterocycles. The molecule has 1 aromatic carbocycles. The van der Waals surface area contributed by atoms with Gasteiger partial charge < -0.3 is 15.2 Å². The fourth-order valence-electron chi connectivity index (χ4n) is 1.79. The van der Waals surface area contributed by atoms with Gasteiger partial charge in [-0.25, -0.2) is 0 Å². The van der Waals surface area contributed by atoms with Gasteiger partial charge in [-0.1, -0.05) is 15.9 Å². The summed E-state index contributed by atoms with van der Waals surface area (Å²) in [4.78, 5) is 11.9. The van der Waals surface area contributed by atoms with Gasteiger partial charge in [-0.2, -0.15) is 0 Å². The van der Waals surface area contributed by atoms with Crippen molar-refractivity contribution in [3.63, 3.8) is 0 Å². The van der Waals surface area contributed by atoms with Crippen LogP contribution >= 0.6 is 15.9 Å². The molecule has 0 fully saturated rings. The molecule has 4 nitrogen and oxygen atoms in total. The molecule has 1 aliphatic heterocycles. The molecule has 0 aliphatic carbocycles. The summed E-state index contributed by atoms with van der Waals surface area (Å²) in [6.07, 6.45) is 1.97. The topological polar surface area (TPSA) is 58.6 Å². The molecule has 5 heteroatoms. The predicted molar refractivity (Wildman–Crippen MR) is 76.9 cm³/mol. The van der Waals surface area contributed by atoms with Gasteiger partial charge in [0.25, 0.3) is 5.91 Å². The van der Waals surface area contributed by atoms with Crippen molar-refractivity contribution in [3.8, 4) is 5.75 Å². The number of rotatable bonds is 4. The second-order valence-corrected chi connectivity index (χ2v) is 5.45. The minimum absolute atomic E-state index is 0.147. The minimum atomic E-state index is -0.409. The van der Waals surface area contributed by atoms with Gasteiger partial charge in [0.1, 0.15) is 12.4 Å². The maximum absolute atomic E-state index is 11.9. The van der Waals surface area contributed by atoms with Crippen molar-refractivity contribution < 1.29 is 14.6 Å². The van der Waals surface area contributed by atoms with Crippen molar-refractivity contribution in [1.82, 2.24) is 5.32 Å². The molecule has 0 saturated carbocycles. The third kappa shape index (κ3) is 3.81. The number of hydrogen-bond donors (Lipinski definition) is 2. The van der Waals surface area contributed by atoms with E-state index in [2.05, 4.69) is 21.2 Å². The first-order valence-corrected chi connectivity index (χ1v) is 6.95. The number of aliphatic hydroxyl groups excluding tert-OH is 1. The molecule has 1 aliphatic rings. The Hall–Kier alpha value is -1.33. The summed E-state index contributed by atoms with van der Waals surface area (Å²) in [6.45, 7) is 2.43. The molecule has 0 radical (unpaired) electrons. The van der Waals surface area contributed by atoms with E-state index in [4.69, 9.17) is 9.84 Å². The van der Waals surface area contributed by atoms with Crippen LogP contribution in [0.4, 0.5) is 0 Å². The maximum atomic E-state index is 11.9. The number of amides is 1. The number of carbonyl (C=O) groups excluding carboxylic acids is 1. The fourth-order valence-corrected chi connectivity index (χ4v) is 2.17. The van der Waals surface area contributed by atoms with Crippen LogP contribution in [0.15, 0.2) is 28.2 Å². The summed E-state index contributed by atoms with van der Waals surface area (Å²) in [7, 11) is 0. The number of aliphatic hydroxyl groups is 1. The molecule has 2 N–H and O–H groups in total. The molecule has 0 bridgehead atoms. The first-order chi connectivity index (χ1) is 9.06. The SMILES string of the molecule is CC(O)CCNC(=O)C1=Cc2cc(Br)ccc2OC1. The van der Waals surface area contributed by atoms with Crippen LogP contribution < -0.4 is 10.1 Å². The molecule has 2 rings (SSSR count). The third-order valence-corrected chi connectivity index (χ3v) is 3.32. The normalized spacial score (nSPS) is 15.0. The van der Waals surface area contributed by atoms with Crippen molar-refractivity contribution in [2.24, 2.45) is 0 Å². The highest BCUT2D eigenvalue weighted by molar-refractivity contribution is 9.10. The van der Waals surface area contributed by atoms with Crippen LogP contribution in [0.3, 0.4) is 0 Å². The van der Waals surface area contributed by atoms with Crippen molar-refractivity contribution in [1.29, 1.82) is 0 Å². The van der Waals surface area contributed by atoms with Crippen LogP contribution in [0.1, 0.15) is 18.9 Å². The Morgan fingerprint density at radius 3 is 3.11 bits per heavy atom. The van der Waals surface area contributed by atoms with E-state index in [-0.39, 0.29) is 12.5 Å². The Bertz CT molecular complexity index is 511. The number of halogens is 1. The molecule has 102 valence electrons. The molecule has 0 spiro atoms. The summed E-state index contributed by atoms with van der Waals surface area (Å²) in [6, 6.07) is 5.69. The number of ether oxygens (including phenoxy) is 1. The number of carbonyl (C=O) groups is 1. The van der Waals surface area contributed by atoms with Gasteiger partial charge in [-0.05, 0) is 37.6 Å². The molecule has 0 aromatic heterocycles. The molecule has 1 aromatic rings. The van der Waals surface area contributed by atoms with Crippen molar-refractivity contribution in [2.75, 3.05) is 13.2 Å². The van der Waals surface area contributed by atoms with E-state index in [1.807, 2.05) is 24.3 Å². The lowest BCUT2D eigenvalue weighted by Gasteiger charge is -2.18. The fraction of sp³-hybridized carbons (Fsp3) is 0.357. The van der Waals surface area contributed by atoms with Crippen LogP contribution in [-0.4, -0.2) is 30.3 Å². The maximum Gasteiger partial charge on any atom is 0.250 e. The van der Waals surface area contributed by atoms with Crippen molar-refractivity contribution >= 4 is 27.9 Å². The van der Waals surface area contributed by atoms with Gasteiger partial charge in [0.15, 0.2) is 0 Å². The Kier molecular flexibility index (Phi) is 4.61. The van der Waals surface area contributed by atoms with Gasteiger partial charge in [0.2, 0.25) is 0 Å². The monoisotopic (exact) mass is 325 g/mol. The highest BCUT2D eigenvalue weighted by Crippen LogP contribution is 2.29. The lowest BCUT2D eigenvalue weighted by atomic mass is 10.1. The summed E-state index contributed by atoms with van der Waals surface area (Å²) in [5.74, 6) is 0.634. The zero-order valence-electron chi connectivity index (χ0n) is 10.6. The lowest BCUT2D eigenvalue weighted by molar-refractivity contribution is -0.117. The van der Waals surface area contributed by atoms with Crippen LogP contribution in [0.25, 0.3) is 6.08 Å². The average Bonchev–Trinajstić information content (AvgIpc) is 2.37. The number of hydrogen-bond acceptors (Lipinski definition) is 3. The Balaban J connectivity index is 2.03. The van der Waals surface area contributed by atoms with Gasteiger partial charge in [0.05, 0.1) is 11.7 Å². The summed E-state index contributed by atoms with van der Waals surface area (Å²) in [5, 5.41) is 11.9. The van der Waals surface area contributed by atoms with Crippen LogP contribution in [0.5, 0.6) is 5.75 Å². The van der Waals surface area contributed by atoms with Crippen LogP contribution in [0.2, 0.25) is 0 Å². The lowest BCUT2D eigenvalue weighted by Crippen LogP contribution is -2.30. The van der Waals surface area contributed by atoms with Crippen molar-refractivity contribution in [3.05, 3.63) is 33.8 Å². The first kappa shape index (κ1) is 14.1. The van der Waals surface area contributed by atoms with Gasteiger partial charge >= 0.3 is 0 Å². The second-order valence-electron chi connectivity index (χ2n) is 4.53. The average molecular weight is 326 g/mol. The Labute approximate surface area is 120 Å². The van der Waals surface area contributed by atoms with Gasteiger partial charge in [0, 0.05) is 16.6 Å². The molecule has 1 atom stereocenters. The van der Waals surface area contributed by atoms with E-state index in [1.54, 1.807) is 6.92 Å². The Morgan fingerprint density at radius 1 is 1.58 bits per heavy atom. The number of nitrogens with one attached hydrogen (secondary N) is 1. The largest absolute Gasteiger partial charge is 0.488 e. The highest BCUT2D eigenvalue weighted by atomic mass is 79.9. The molecule has 1 unspecified atom stereocenters. The number of benzene rings is 1. The molecule has 1 amide bonds. The predicted octanol–water partition coefficient (Wildman–Crippen LogP) is 2.11. The van der Waals surface area contributed by atoms with E-state index in [0.29, 0.717) is 18.5 Å². The van der Waals surface area contributed by atoms with E-state index < -0.39 is 6.10 Å². The van der Waals surface area contributed by atoms with E-state index >= 15 is 0 Å². The second kappa shape index (κ2) is 6.21. The number of fused-ring (bicyclic) bond motifs is 1. The smallest absolute Gasteiger partial charge is 0.250 e. The summed E-state index contributed by atoms with van der Waals surface area (Å²) in [5.41, 5.74) is 1.48. The third-order valence-electron chi connectivity index (χ3n) is 2.82. The van der Waals surface area contributed by atoms with Crippen molar-refractivity contribution in [2.45, 2.75) is 19.4 Å². The summed E-state index contributed by atoms with van der Waals surface area (Å²) < 4.78 is 6.49.